The summed E-state index contributed by atoms with van der Waals surface area (Å²) in [6.07, 6.45) is 0. The molecular formula is C10H10ClN3O. The molecule has 0 unspecified atom stereocenters. The van der Waals surface area contributed by atoms with Crippen molar-refractivity contribution in [3.05, 3.63) is 29.3 Å². The highest BCUT2D eigenvalue weighted by atomic mass is 35.5. The van der Waals surface area contributed by atoms with Gasteiger partial charge in [-0.15, -0.1) is 0 Å². The van der Waals surface area contributed by atoms with Crippen LogP contribution in [0.3, 0.4) is 0 Å². The standard InChI is InChI=1S/C10H10ClN3O/c1-15-8-4-2-3-6(10(8)11)7-5-9(12)14-13-7/h2-5H,1H3,(H3,12,13,14). The van der Waals surface area contributed by atoms with Crippen molar-refractivity contribution in [2.75, 3.05) is 12.8 Å². The largest absolute Gasteiger partial charge is 0.495 e. The number of H-pyrrole nitrogens is 1. The molecule has 0 aliphatic heterocycles. The Hall–Kier alpha value is -1.68. The van der Waals surface area contributed by atoms with Crippen LogP contribution >= 0.6 is 11.6 Å². The first kappa shape index (κ1) is 9.86. The summed E-state index contributed by atoms with van der Waals surface area (Å²) in [4.78, 5) is 0. The maximum Gasteiger partial charge on any atom is 0.145 e. The van der Waals surface area contributed by atoms with E-state index in [-0.39, 0.29) is 0 Å². The van der Waals surface area contributed by atoms with E-state index in [9.17, 15) is 0 Å². The number of hydrogen-bond donors (Lipinski definition) is 2. The molecule has 78 valence electrons. The number of rotatable bonds is 2. The third-order valence-electron chi connectivity index (χ3n) is 2.07. The maximum atomic E-state index is 6.14. The number of halogens is 1. The Morgan fingerprint density at radius 3 is 2.87 bits per heavy atom. The van der Waals surface area contributed by atoms with Crippen molar-refractivity contribution in [1.29, 1.82) is 0 Å². The van der Waals surface area contributed by atoms with Gasteiger partial charge < -0.3 is 10.5 Å². The molecule has 0 atom stereocenters. The second-order valence-electron chi connectivity index (χ2n) is 3.03. The molecule has 0 aliphatic carbocycles. The molecular weight excluding hydrogens is 214 g/mol. The minimum Gasteiger partial charge on any atom is -0.495 e. The zero-order valence-corrected chi connectivity index (χ0v) is 8.88. The third kappa shape index (κ3) is 1.76. The molecule has 0 bridgehead atoms. The summed E-state index contributed by atoms with van der Waals surface area (Å²) in [6.45, 7) is 0. The number of nitrogens with one attached hydrogen (secondary N) is 1. The summed E-state index contributed by atoms with van der Waals surface area (Å²) in [5.41, 5.74) is 7.11. The van der Waals surface area contributed by atoms with Crippen LogP contribution < -0.4 is 10.5 Å². The van der Waals surface area contributed by atoms with E-state index in [2.05, 4.69) is 10.2 Å². The molecule has 0 saturated heterocycles. The van der Waals surface area contributed by atoms with Crippen molar-refractivity contribution in [3.8, 4) is 17.0 Å². The zero-order valence-electron chi connectivity index (χ0n) is 8.12. The van der Waals surface area contributed by atoms with Gasteiger partial charge in [-0.25, -0.2) is 0 Å². The number of aromatic nitrogens is 2. The maximum absolute atomic E-state index is 6.14. The van der Waals surface area contributed by atoms with Crippen molar-refractivity contribution in [3.63, 3.8) is 0 Å². The fourth-order valence-corrected chi connectivity index (χ4v) is 1.66. The fourth-order valence-electron chi connectivity index (χ4n) is 1.35. The summed E-state index contributed by atoms with van der Waals surface area (Å²) in [6, 6.07) is 7.25. The van der Waals surface area contributed by atoms with Crippen molar-refractivity contribution in [2.24, 2.45) is 0 Å². The molecule has 1 aromatic carbocycles. The number of nitrogen functional groups attached to an aromatic ring is 1. The quantitative estimate of drug-likeness (QED) is 0.821. The summed E-state index contributed by atoms with van der Waals surface area (Å²) in [5, 5.41) is 7.19. The van der Waals surface area contributed by atoms with Crippen molar-refractivity contribution < 1.29 is 4.74 Å². The molecule has 0 amide bonds. The summed E-state index contributed by atoms with van der Waals surface area (Å²) in [7, 11) is 1.58. The van der Waals surface area contributed by atoms with Gasteiger partial charge in [0.2, 0.25) is 0 Å². The lowest BCUT2D eigenvalue weighted by Gasteiger charge is -2.06. The Bertz CT molecular complexity index is 481. The van der Waals surface area contributed by atoms with E-state index in [0.29, 0.717) is 16.6 Å². The van der Waals surface area contributed by atoms with Crippen molar-refractivity contribution >= 4 is 17.4 Å². The summed E-state index contributed by atoms with van der Waals surface area (Å²) < 4.78 is 5.12. The second kappa shape index (κ2) is 3.82. The van der Waals surface area contributed by atoms with Crippen LogP contribution in [0.25, 0.3) is 11.3 Å². The van der Waals surface area contributed by atoms with E-state index in [1.807, 2.05) is 12.1 Å². The van der Waals surface area contributed by atoms with Gasteiger partial charge in [0.05, 0.1) is 17.8 Å². The summed E-state index contributed by atoms with van der Waals surface area (Å²) >= 11 is 6.14. The van der Waals surface area contributed by atoms with Crippen LogP contribution in [-0.4, -0.2) is 17.3 Å². The van der Waals surface area contributed by atoms with Crippen LogP contribution in [0.2, 0.25) is 5.02 Å². The van der Waals surface area contributed by atoms with Crippen LogP contribution in [0.4, 0.5) is 5.82 Å². The van der Waals surface area contributed by atoms with E-state index < -0.39 is 0 Å². The molecule has 3 N–H and O–H groups in total. The lowest BCUT2D eigenvalue weighted by Crippen LogP contribution is -1.86. The minimum atomic E-state index is 0.434. The van der Waals surface area contributed by atoms with Crippen molar-refractivity contribution in [2.45, 2.75) is 0 Å². The number of hydrogen-bond acceptors (Lipinski definition) is 3. The fraction of sp³-hybridized carbons (Fsp3) is 0.100. The summed E-state index contributed by atoms with van der Waals surface area (Å²) in [5.74, 6) is 1.06. The second-order valence-corrected chi connectivity index (χ2v) is 3.41. The first-order valence-electron chi connectivity index (χ1n) is 4.36. The molecule has 2 rings (SSSR count). The predicted octanol–water partition coefficient (Wildman–Crippen LogP) is 2.32. The number of nitrogens with zero attached hydrogens (tertiary/aromatic N) is 1. The van der Waals surface area contributed by atoms with E-state index in [1.165, 1.54) is 0 Å². The Morgan fingerprint density at radius 2 is 2.27 bits per heavy atom. The van der Waals surface area contributed by atoms with Gasteiger partial charge in [-0.05, 0) is 6.07 Å². The smallest absolute Gasteiger partial charge is 0.145 e. The Labute approximate surface area is 92.0 Å². The van der Waals surface area contributed by atoms with Gasteiger partial charge in [-0.1, -0.05) is 23.7 Å². The number of ether oxygens (including phenoxy) is 1. The molecule has 0 saturated carbocycles. The van der Waals surface area contributed by atoms with Gasteiger partial charge in [-0.3, -0.25) is 5.10 Å². The number of anilines is 1. The molecule has 15 heavy (non-hydrogen) atoms. The molecule has 2 aromatic rings. The predicted molar refractivity (Wildman–Crippen MR) is 60.0 cm³/mol. The highest BCUT2D eigenvalue weighted by molar-refractivity contribution is 6.34. The van der Waals surface area contributed by atoms with Gasteiger partial charge in [0, 0.05) is 11.6 Å². The Kier molecular flexibility index (Phi) is 2.51. The van der Waals surface area contributed by atoms with Crippen LogP contribution in [-0.2, 0) is 0 Å². The molecule has 4 nitrogen and oxygen atoms in total. The normalized spacial score (nSPS) is 10.3. The molecule has 1 aromatic heterocycles. The molecule has 0 aliphatic rings. The van der Waals surface area contributed by atoms with E-state index in [0.717, 1.165) is 11.3 Å². The molecule has 0 radical (unpaired) electrons. The first-order valence-corrected chi connectivity index (χ1v) is 4.74. The molecule has 1 heterocycles. The average Bonchev–Trinajstić information content (AvgIpc) is 2.65. The lowest BCUT2D eigenvalue weighted by atomic mass is 10.1. The highest BCUT2D eigenvalue weighted by Crippen LogP contribution is 2.34. The Balaban J connectivity index is 2.53. The zero-order chi connectivity index (χ0) is 10.8. The van der Waals surface area contributed by atoms with Crippen LogP contribution in [0, 0.1) is 0 Å². The number of nitrogens with two attached hydrogens (primary N) is 1. The SMILES string of the molecule is COc1cccc(-c2cc(N)n[nH]2)c1Cl. The van der Waals surface area contributed by atoms with Gasteiger partial charge >= 0.3 is 0 Å². The van der Waals surface area contributed by atoms with E-state index >= 15 is 0 Å². The van der Waals surface area contributed by atoms with Gasteiger partial charge in [-0.2, -0.15) is 5.10 Å². The molecule has 0 spiro atoms. The average molecular weight is 224 g/mol. The number of benzene rings is 1. The first-order chi connectivity index (χ1) is 7.22. The highest BCUT2D eigenvalue weighted by Gasteiger charge is 2.09. The lowest BCUT2D eigenvalue weighted by molar-refractivity contribution is 0.415. The number of methoxy groups -OCH3 is 1. The van der Waals surface area contributed by atoms with Gasteiger partial charge in [0.25, 0.3) is 0 Å². The van der Waals surface area contributed by atoms with Crippen LogP contribution in [0.15, 0.2) is 24.3 Å². The van der Waals surface area contributed by atoms with E-state index in [1.54, 1.807) is 19.2 Å². The van der Waals surface area contributed by atoms with Crippen LogP contribution in [0.5, 0.6) is 5.75 Å². The third-order valence-corrected chi connectivity index (χ3v) is 2.46. The molecule has 5 heteroatoms. The van der Waals surface area contributed by atoms with Crippen LogP contribution in [0.1, 0.15) is 0 Å². The van der Waals surface area contributed by atoms with Gasteiger partial charge in [0.15, 0.2) is 0 Å². The number of aromatic amines is 1. The minimum absolute atomic E-state index is 0.434. The Morgan fingerprint density at radius 1 is 1.47 bits per heavy atom. The van der Waals surface area contributed by atoms with Gasteiger partial charge in [0.1, 0.15) is 11.6 Å². The monoisotopic (exact) mass is 223 g/mol. The molecule has 0 fully saturated rings. The van der Waals surface area contributed by atoms with E-state index in [4.69, 9.17) is 22.1 Å². The topological polar surface area (TPSA) is 63.9 Å². The van der Waals surface area contributed by atoms with Crippen molar-refractivity contribution in [1.82, 2.24) is 10.2 Å².